The second-order valence-corrected chi connectivity index (χ2v) is 8.33. The van der Waals surface area contributed by atoms with Gasteiger partial charge in [0.2, 0.25) is 0 Å². The van der Waals surface area contributed by atoms with Crippen LogP contribution in [0, 0.1) is 17.3 Å². The van der Waals surface area contributed by atoms with Gasteiger partial charge in [-0.3, -0.25) is 0 Å². The molecule has 0 radical (unpaired) electrons. The van der Waals surface area contributed by atoms with Crippen molar-refractivity contribution >= 4 is 10.2 Å². The molecule has 6 heteroatoms. The number of nitrogens with one attached hydrogen (secondary N) is 1. The van der Waals surface area contributed by atoms with Crippen LogP contribution in [0.25, 0.3) is 0 Å². The molecule has 1 aliphatic rings. The molecule has 1 saturated heterocycles. The average molecular weight is 291 g/mol. The van der Waals surface area contributed by atoms with E-state index in [0.717, 1.165) is 12.8 Å². The van der Waals surface area contributed by atoms with Gasteiger partial charge >= 0.3 is 0 Å². The van der Waals surface area contributed by atoms with Gasteiger partial charge in [0.1, 0.15) is 0 Å². The van der Waals surface area contributed by atoms with E-state index in [2.05, 4.69) is 32.4 Å². The lowest BCUT2D eigenvalue weighted by atomic mass is 9.81. The smallest absolute Gasteiger partial charge is 0.279 e. The van der Waals surface area contributed by atoms with E-state index in [1.165, 1.54) is 0 Å². The lowest BCUT2D eigenvalue weighted by Crippen LogP contribution is -2.49. The van der Waals surface area contributed by atoms with Gasteiger partial charge in [0.05, 0.1) is 0 Å². The highest BCUT2D eigenvalue weighted by Gasteiger charge is 2.30. The van der Waals surface area contributed by atoms with Crippen LogP contribution in [0.3, 0.4) is 0 Å². The Balaban J connectivity index is 2.61. The minimum Gasteiger partial charge on any atom is -0.330 e. The Bertz CT molecular complexity index is 379. The maximum atomic E-state index is 12.3. The third kappa shape index (κ3) is 4.70. The summed E-state index contributed by atoms with van der Waals surface area (Å²) in [7, 11) is -3.37. The van der Waals surface area contributed by atoms with Crippen molar-refractivity contribution in [2.24, 2.45) is 23.0 Å². The van der Waals surface area contributed by atoms with E-state index < -0.39 is 10.2 Å². The molecule has 0 aromatic heterocycles. The SMILES string of the molecule is CC(C)C(C)(C)CNS(=O)(=O)N1CCCC(CN)C1. The normalized spacial score (nSPS) is 22.9. The van der Waals surface area contributed by atoms with Gasteiger partial charge in [0, 0.05) is 19.6 Å². The van der Waals surface area contributed by atoms with Crippen molar-refractivity contribution in [3.8, 4) is 0 Å². The second kappa shape index (κ2) is 6.52. The summed E-state index contributed by atoms with van der Waals surface area (Å²) in [5, 5.41) is 0. The van der Waals surface area contributed by atoms with Crippen LogP contribution in [0.2, 0.25) is 0 Å². The first-order valence-electron chi connectivity index (χ1n) is 7.14. The summed E-state index contributed by atoms with van der Waals surface area (Å²) in [6, 6.07) is 0. The van der Waals surface area contributed by atoms with Gasteiger partial charge in [0.15, 0.2) is 0 Å². The van der Waals surface area contributed by atoms with E-state index in [4.69, 9.17) is 5.73 Å². The molecule has 0 aromatic carbocycles. The summed E-state index contributed by atoms with van der Waals surface area (Å²) in [4.78, 5) is 0. The zero-order valence-electron chi connectivity index (χ0n) is 12.6. The first kappa shape index (κ1) is 16.9. The molecule has 0 saturated carbocycles. The molecule has 1 unspecified atom stereocenters. The molecule has 1 heterocycles. The molecule has 114 valence electrons. The van der Waals surface area contributed by atoms with Gasteiger partial charge < -0.3 is 5.73 Å². The minimum absolute atomic E-state index is 0.0455. The van der Waals surface area contributed by atoms with Crippen LogP contribution in [0.5, 0.6) is 0 Å². The lowest BCUT2D eigenvalue weighted by Gasteiger charge is -2.34. The average Bonchev–Trinajstić information content (AvgIpc) is 2.36. The summed E-state index contributed by atoms with van der Waals surface area (Å²) < 4.78 is 28.9. The Morgan fingerprint density at radius 3 is 2.58 bits per heavy atom. The molecule has 0 bridgehead atoms. The predicted molar refractivity (Wildman–Crippen MR) is 78.9 cm³/mol. The van der Waals surface area contributed by atoms with Crippen molar-refractivity contribution in [2.75, 3.05) is 26.2 Å². The van der Waals surface area contributed by atoms with Crippen LogP contribution in [-0.2, 0) is 10.2 Å². The number of rotatable bonds is 6. The highest BCUT2D eigenvalue weighted by atomic mass is 32.2. The predicted octanol–water partition coefficient (Wildman–Crippen LogP) is 1.17. The molecule has 1 rings (SSSR count). The molecule has 1 fully saturated rings. The first-order chi connectivity index (χ1) is 8.69. The van der Waals surface area contributed by atoms with E-state index in [1.807, 2.05) is 0 Å². The summed E-state index contributed by atoms with van der Waals surface area (Å²) in [6.07, 6.45) is 1.93. The van der Waals surface area contributed by atoms with Crippen LogP contribution >= 0.6 is 0 Å². The van der Waals surface area contributed by atoms with Gasteiger partial charge in [-0.2, -0.15) is 12.7 Å². The van der Waals surface area contributed by atoms with Crippen LogP contribution in [0.15, 0.2) is 0 Å². The van der Waals surface area contributed by atoms with Crippen LogP contribution in [0.4, 0.5) is 0 Å². The monoisotopic (exact) mass is 291 g/mol. The fourth-order valence-corrected chi connectivity index (χ4v) is 3.52. The molecule has 3 N–H and O–H groups in total. The van der Waals surface area contributed by atoms with E-state index in [-0.39, 0.29) is 5.41 Å². The van der Waals surface area contributed by atoms with Gasteiger partial charge in [0.25, 0.3) is 10.2 Å². The van der Waals surface area contributed by atoms with Crippen molar-refractivity contribution < 1.29 is 8.42 Å². The molecule has 0 spiro atoms. The summed E-state index contributed by atoms with van der Waals surface area (Å²) in [5.74, 6) is 0.719. The Morgan fingerprint density at radius 2 is 2.05 bits per heavy atom. The van der Waals surface area contributed by atoms with Crippen molar-refractivity contribution in [3.63, 3.8) is 0 Å². The number of nitrogens with two attached hydrogens (primary N) is 1. The molecule has 19 heavy (non-hydrogen) atoms. The van der Waals surface area contributed by atoms with E-state index >= 15 is 0 Å². The maximum absolute atomic E-state index is 12.3. The Morgan fingerprint density at radius 1 is 1.42 bits per heavy atom. The fourth-order valence-electron chi connectivity index (χ4n) is 2.01. The van der Waals surface area contributed by atoms with E-state index in [1.54, 1.807) is 4.31 Å². The Labute approximate surface area is 118 Å². The van der Waals surface area contributed by atoms with Crippen LogP contribution < -0.4 is 10.5 Å². The third-order valence-electron chi connectivity index (χ3n) is 4.43. The van der Waals surface area contributed by atoms with Crippen molar-refractivity contribution in [1.82, 2.24) is 9.03 Å². The molecule has 0 aromatic rings. The van der Waals surface area contributed by atoms with E-state index in [9.17, 15) is 8.42 Å². The van der Waals surface area contributed by atoms with Crippen molar-refractivity contribution in [3.05, 3.63) is 0 Å². The van der Waals surface area contributed by atoms with Crippen LogP contribution in [0.1, 0.15) is 40.5 Å². The Hall–Kier alpha value is -0.170. The summed E-state index contributed by atoms with van der Waals surface area (Å²) in [5.41, 5.74) is 5.60. The number of hydrogen-bond donors (Lipinski definition) is 2. The van der Waals surface area contributed by atoms with Gasteiger partial charge in [-0.05, 0) is 36.6 Å². The molecule has 0 aliphatic carbocycles. The molecule has 0 amide bonds. The maximum Gasteiger partial charge on any atom is 0.279 e. The van der Waals surface area contributed by atoms with Crippen molar-refractivity contribution in [2.45, 2.75) is 40.5 Å². The minimum atomic E-state index is -3.37. The van der Waals surface area contributed by atoms with E-state index in [0.29, 0.717) is 38.0 Å². The van der Waals surface area contributed by atoms with Gasteiger partial charge in [-0.15, -0.1) is 0 Å². The molecule has 5 nitrogen and oxygen atoms in total. The Kier molecular flexibility index (Phi) is 5.79. The zero-order valence-corrected chi connectivity index (χ0v) is 13.5. The lowest BCUT2D eigenvalue weighted by molar-refractivity contribution is 0.241. The summed E-state index contributed by atoms with van der Waals surface area (Å²) >= 11 is 0. The number of piperidine rings is 1. The standard InChI is InChI=1S/C13H29N3O2S/c1-11(2)13(3,4)10-15-19(17,18)16-7-5-6-12(8-14)9-16/h11-12,15H,5-10,14H2,1-4H3. The highest BCUT2D eigenvalue weighted by molar-refractivity contribution is 7.87. The molecular weight excluding hydrogens is 262 g/mol. The molecule has 1 aliphatic heterocycles. The first-order valence-corrected chi connectivity index (χ1v) is 8.58. The van der Waals surface area contributed by atoms with Gasteiger partial charge in [-0.25, -0.2) is 4.72 Å². The third-order valence-corrected chi connectivity index (χ3v) is 5.95. The fraction of sp³-hybridized carbons (Fsp3) is 1.00. The van der Waals surface area contributed by atoms with Gasteiger partial charge in [-0.1, -0.05) is 27.7 Å². The highest BCUT2D eigenvalue weighted by Crippen LogP contribution is 2.25. The zero-order chi connectivity index (χ0) is 14.7. The van der Waals surface area contributed by atoms with Crippen LogP contribution in [-0.4, -0.2) is 38.9 Å². The number of hydrogen-bond acceptors (Lipinski definition) is 3. The number of nitrogens with zero attached hydrogens (tertiary/aromatic N) is 1. The topological polar surface area (TPSA) is 75.4 Å². The largest absolute Gasteiger partial charge is 0.330 e. The summed E-state index contributed by atoms with van der Waals surface area (Å²) in [6.45, 7) is 10.6. The quantitative estimate of drug-likeness (QED) is 0.771. The van der Waals surface area contributed by atoms with Crippen molar-refractivity contribution in [1.29, 1.82) is 0 Å². The molecular formula is C13H29N3O2S. The second-order valence-electron chi connectivity index (χ2n) is 6.57. The molecule has 1 atom stereocenters.